The van der Waals surface area contributed by atoms with Crippen molar-refractivity contribution in [3.63, 3.8) is 0 Å². The number of rotatable bonds is 5. The summed E-state index contributed by atoms with van der Waals surface area (Å²) in [7, 11) is 0. The topological polar surface area (TPSA) is 66.9 Å². The summed E-state index contributed by atoms with van der Waals surface area (Å²) < 4.78 is 0. The number of nitrogens with one attached hydrogen (secondary N) is 2. The van der Waals surface area contributed by atoms with E-state index in [1.54, 1.807) is 48.9 Å². The predicted molar refractivity (Wildman–Crippen MR) is 99.9 cm³/mol. The molecule has 0 aliphatic carbocycles. The van der Waals surface area contributed by atoms with E-state index in [2.05, 4.69) is 20.6 Å². The van der Waals surface area contributed by atoms with Crippen LogP contribution in [0.1, 0.15) is 21.5 Å². The van der Waals surface area contributed by atoms with Gasteiger partial charge in [0, 0.05) is 35.8 Å². The van der Waals surface area contributed by atoms with Crippen LogP contribution in [-0.2, 0) is 6.54 Å². The Morgan fingerprint density at radius 3 is 2.72 bits per heavy atom. The molecule has 3 rings (SSSR count). The van der Waals surface area contributed by atoms with Crippen molar-refractivity contribution in [1.29, 1.82) is 0 Å². The van der Waals surface area contributed by atoms with Crippen LogP contribution < -0.4 is 10.6 Å². The Morgan fingerprint density at radius 2 is 2.04 bits per heavy atom. The highest BCUT2D eigenvalue weighted by molar-refractivity contribution is 6.30. The molecule has 0 aliphatic rings. The molecule has 5 nitrogen and oxygen atoms in total. The van der Waals surface area contributed by atoms with E-state index in [0.717, 1.165) is 16.8 Å². The first kappa shape index (κ1) is 16.9. The van der Waals surface area contributed by atoms with E-state index >= 15 is 0 Å². The average Bonchev–Trinajstić information content (AvgIpc) is 2.63. The third-order valence-corrected chi connectivity index (χ3v) is 3.89. The lowest BCUT2D eigenvalue weighted by molar-refractivity contribution is 0.102. The minimum atomic E-state index is -0.211. The van der Waals surface area contributed by atoms with Gasteiger partial charge in [-0.1, -0.05) is 17.7 Å². The summed E-state index contributed by atoms with van der Waals surface area (Å²) in [5.74, 6) is 0.486. The number of hydrogen-bond donors (Lipinski definition) is 2. The third-order valence-electron chi connectivity index (χ3n) is 3.66. The second-order valence-corrected chi connectivity index (χ2v) is 6.00. The molecule has 0 atom stereocenters. The Morgan fingerprint density at radius 1 is 1.16 bits per heavy atom. The Balaban J connectivity index is 1.62. The van der Waals surface area contributed by atoms with Crippen molar-refractivity contribution in [3.05, 3.63) is 82.8 Å². The fourth-order valence-corrected chi connectivity index (χ4v) is 2.52. The molecule has 2 heterocycles. The SMILES string of the molecule is Cc1cc(Cl)ccc1NC(=O)c1ccc(NCc2cccnc2)nc1. The predicted octanol–water partition coefficient (Wildman–Crippen LogP) is 4.30. The van der Waals surface area contributed by atoms with E-state index in [0.29, 0.717) is 22.9 Å². The molecular weight excluding hydrogens is 336 g/mol. The second-order valence-electron chi connectivity index (χ2n) is 5.56. The van der Waals surface area contributed by atoms with Gasteiger partial charge in [0.25, 0.3) is 5.91 Å². The summed E-state index contributed by atoms with van der Waals surface area (Å²) in [6.45, 7) is 2.52. The van der Waals surface area contributed by atoms with E-state index in [1.165, 1.54) is 0 Å². The summed E-state index contributed by atoms with van der Waals surface area (Å²) in [5, 5.41) is 6.70. The molecule has 0 radical (unpaired) electrons. The first-order chi connectivity index (χ1) is 12.1. The number of nitrogens with zero attached hydrogens (tertiary/aromatic N) is 2. The van der Waals surface area contributed by atoms with Crippen LogP contribution in [0.4, 0.5) is 11.5 Å². The Hall–Kier alpha value is -2.92. The van der Waals surface area contributed by atoms with E-state index < -0.39 is 0 Å². The van der Waals surface area contributed by atoms with E-state index in [4.69, 9.17) is 11.6 Å². The monoisotopic (exact) mass is 352 g/mol. The number of aryl methyl sites for hydroxylation is 1. The fourth-order valence-electron chi connectivity index (χ4n) is 2.29. The van der Waals surface area contributed by atoms with Crippen molar-refractivity contribution in [2.24, 2.45) is 0 Å². The maximum atomic E-state index is 12.3. The maximum Gasteiger partial charge on any atom is 0.257 e. The van der Waals surface area contributed by atoms with Crippen molar-refractivity contribution < 1.29 is 4.79 Å². The molecule has 1 aromatic carbocycles. The molecule has 0 saturated carbocycles. The molecule has 1 amide bonds. The number of amides is 1. The van der Waals surface area contributed by atoms with Crippen molar-refractivity contribution in [2.45, 2.75) is 13.5 Å². The minimum Gasteiger partial charge on any atom is -0.366 e. The largest absolute Gasteiger partial charge is 0.366 e. The number of anilines is 2. The smallest absolute Gasteiger partial charge is 0.257 e. The van der Waals surface area contributed by atoms with Crippen LogP contribution in [0.2, 0.25) is 5.02 Å². The normalized spacial score (nSPS) is 10.3. The van der Waals surface area contributed by atoms with Gasteiger partial charge in [0.15, 0.2) is 0 Å². The summed E-state index contributed by atoms with van der Waals surface area (Å²) in [6, 6.07) is 12.7. The summed E-state index contributed by atoms with van der Waals surface area (Å²) in [4.78, 5) is 20.7. The van der Waals surface area contributed by atoms with Gasteiger partial charge in [0.2, 0.25) is 0 Å². The van der Waals surface area contributed by atoms with Crippen molar-refractivity contribution in [3.8, 4) is 0 Å². The number of carbonyl (C=O) groups is 1. The number of aromatic nitrogens is 2. The highest BCUT2D eigenvalue weighted by atomic mass is 35.5. The van der Waals surface area contributed by atoms with Crippen LogP contribution in [0.15, 0.2) is 61.1 Å². The van der Waals surface area contributed by atoms with Crippen LogP contribution in [0.3, 0.4) is 0 Å². The maximum absolute atomic E-state index is 12.3. The molecule has 2 N–H and O–H groups in total. The van der Waals surface area contributed by atoms with Crippen LogP contribution in [0.25, 0.3) is 0 Å². The molecule has 2 aromatic heterocycles. The zero-order valence-electron chi connectivity index (χ0n) is 13.7. The lowest BCUT2D eigenvalue weighted by Gasteiger charge is -2.09. The molecule has 0 fully saturated rings. The van der Waals surface area contributed by atoms with Gasteiger partial charge in [-0.15, -0.1) is 0 Å². The van der Waals surface area contributed by atoms with Gasteiger partial charge in [-0.05, 0) is 54.4 Å². The minimum absolute atomic E-state index is 0.211. The number of halogens is 1. The first-order valence-electron chi connectivity index (χ1n) is 7.78. The number of pyridine rings is 2. The van der Waals surface area contributed by atoms with Crippen LogP contribution in [-0.4, -0.2) is 15.9 Å². The number of hydrogen-bond acceptors (Lipinski definition) is 4. The number of benzene rings is 1. The van der Waals surface area contributed by atoms with Gasteiger partial charge in [0.1, 0.15) is 5.82 Å². The van der Waals surface area contributed by atoms with Gasteiger partial charge in [0.05, 0.1) is 5.56 Å². The number of carbonyl (C=O) groups excluding carboxylic acids is 1. The Kier molecular flexibility index (Phi) is 5.26. The average molecular weight is 353 g/mol. The fraction of sp³-hybridized carbons (Fsp3) is 0.105. The first-order valence-corrected chi connectivity index (χ1v) is 8.16. The van der Waals surface area contributed by atoms with Crippen molar-refractivity contribution >= 4 is 29.0 Å². The van der Waals surface area contributed by atoms with Crippen LogP contribution in [0, 0.1) is 6.92 Å². The van der Waals surface area contributed by atoms with Crippen molar-refractivity contribution in [1.82, 2.24) is 9.97 Å². The van der Waals surface area contributed by atoms with Crippen LogP contribution in [0.5, 0.6) is 0 Å². The van der Waals surface area contributed by atoms with E-state index in [9.17, 15) is 4.79 Å². The quantitative estimate of drug-likeness (QED) is 0.718. The molecule has 6 heteroatoms. The van der Waals surface area contributed by atoms with Gasteiger partial charge >= 0.3 is 0 Å². The summed E-state index contributed by atoms with van der Waals surface area (Å²) >= 11 is 5.93. The molecule has 25 heavy (non-hydrogen) atoms. The zero-order chi connectivity index (χ0) is 17.6. The zero-order valence-corrected chi connectivity index (χ0v) is 14.4. The third kappa shape index (κ3) is 4.55. The molecule has 0 spiro atoms. The van der Waals surface area contributed by atoms with Gasteiger partial charge in [-0.2, -0.15) is 0 Å². The molecule has 0 bridgehead atoms. The summed E-state index contributed by atoms with van der Waals surface area (Å²) in [5.41, 5.74) is 3.18. The molecule has 0 aliphatic heterocycles. The Labute approximate surface area is 151 Å². The lowest BCUT2D eigenvalue weighted by Crippen LogP contribution is -2.13. The lowest BCUT2D eigenvalue weighted by atomic mass is 10.2. The van der Waals surface area contributed by atoms with Gasteiger partial charge in [-0.3, -0.25) is 9.78 Å². The Bertz CT molecular complexity index is 866. The van der Waals surface area contributed by atoms with Crippen LogP contribution >= 0.6 is 11.6 Å². The summed E-state index contributed by atoms with van der Waals surface area (Å²) in [6.07, 6.45) is 5.08. The van der Waals surface area contributed by atoms with Gasteiger partial charge < -0.3 is 10.6 Å². The molecule has 0 unspecified atom stereocenters. The second kappa shape index (κ2) is 7.77. The molecular formula is C19H17ClN4O. The van der Waals surface area contributed by atoms with E-state index in [1.807, 2.05) is 19.1 Å². The standard InChI is InChI=1S/C19H17ClN4O/c1-13-9-16(20)5-6-17(13)24-19(25)15-4-7-18(23-12-15)22-11-14-3-2-8-21-10-14/h2-10,12H,11H2,1H3,(H,22,23)(H,24,25). The molecule has 3 aromatic rings. The van der Waals surface area contributed by atoms with Gasteiger partial charge in [-0.25, -0.2) is 4.98 Å². The van der Waals surface area contributed by atoms with E-state index in [-0.39, 0.29) is 5.91 Å². The molecule has 0 saturated heterocycles. The highest BCUT2D eigenvalue weighted by Gasteiger charge is 2.08. The highest BCUT2D eigenvalue weighted by Crippen LogP contribution is 2.20. The molecule has 126 valence electrons. The van der Waals surface area contributed by atoms with Crippen molar-refractivity contribution in [2.75, 3.05) is 10.6 Å².